The number of aryl methyl sites for hydroxylation is 2. The second-order valence-corrected chi connectivity index (χ2v) is 8.96. The number of fused-ring (bicyclic) bond motifs is 5. The summed E-state index contributed by atoms with van der Waals surface area (Å²) in [4.78, 5) is 0. The van der Waals surface area contributed by atoms with Crippen molar-refractivity contribution in [3.05, 3.63) is 88.4 Å². The largest absolute Gasteiger partial charge is 0.422 e. The molecule has 0 aliphatic carbocycles. The summed E-state index contributed by atoms with van der Waals surface area (Å²) >= 11 is 0. The molecule has 0 saturated carbocycles. The van der Waals surface area contributed by atoms with E-state index in [1.807, 2.05) is 13.8 Å². The van der Waals surface area contributed by atoms with Gasteiger partial charge in [0.2, 0.25) is 16.7 Å². The molecule has 2 aliphatic rings. The van der Waals surface area contributed by atoms with Gasteiger partial charge in [0.15, 0.2) is 0 Å². The van der Waals surface area contributed by atoms with Crippen LogP contribution >= 0.6 is 0 Å². The molecule has 0 amide bonds. The van der Waals surface area contributed by atoms with Gasteiger partial charge in [-0.05, 0) is 48.9 Å². The summed E-state index contributed by atoms with van der Waals surface area (Å²) in [6, 6.07) is 17.7. The Morgan fingerprint density at radius 1 is 0.875 bits per heavy atom. The number of para-hydroxylation sites is 1. The molecular weight excluding hydrogens is 394 g/mol. The number of ether oxygens (including phenoxy) is 2. The van der Waals surface area contributed by atoms with Crippen molar-refractivity contribution in [3.8, 4) is 11.3 Å². The lowest BCUT2D eigenvalue weighted by Gasteiger charge is -2.37. The maximum absolute atomic E-state index is 6.25. The average molecular weight is 425 g/mol. The van der Waals surface area contributed by atoms with Crippen molar-refractivity contribution in [2.45, 2.75) is 59.9 Å². The summed E-state index contributed by atoms with van der Waals surface area (Å²) in [5, 5.41) is 1.23. The number of benzene rings is 2. The second kappa shape index (κ2) is 7.39. The summed E-state index contributed by atoms with van der Waals surface area (Å²) in [7, 11) is 0. The summed E-state index contributed by atoms with van der Waals surface area (Å²) in [5.74, 6) is 2.05. The molecule has 3 aromatic rings. The number of aromatic nitrogens is 1. The number of hydrogen-bond acceptors (Lipinski definition) is 2. The standard InChI is InChI=1S/C29H30NO2/c1-7-29(8-2)27(28-31-20(5)17-21(6)32-28)26-19(4)15-18(3)16-23(26)25-14-13-22-11-9-10-12-24(22)30(25)29/h9-16H,7-8H2,1-6H3/q+1. The highest BCUT2D eigenvalue weighted by Gasteiger charge is 2.52. The molecule has 5 rings (SSSR count). The Kier molecular flexibility index (Phi) is 4.76. The van der Waals surface area contributed by atoms with Crippen molar-refractivity contribution in [3.63, 3.8) is 0 Å². The first-order valence-corrected chi connectivity index (χ1v) is 11.5. The fraction of sp³-hybridized carbons (Fsp3) is 0.310. The van der Waals surface area contributed by atoms with E-state index in [0.29, 0.717) is 5.95 Å². The number of nitrogens with zero attached hydrogens (tertiary/aromatic N) is 1. The van der Waals surface area contributed by atoms with Gasteiger partial charge in [0, 0.05) is 49.8 Å². The Bertz CT molecular complexity index is 1350. The lowest BCUT2D eigenvalue weighted by Crippen LogP contribution is -2.60. The number of hydrogen-bond donors (Lipinski definition) is 0. The van der Waals surface area contributed by atoms with Gasteiger partial charge in [-0.3, -0.25) is 0 Å². The minimum absolute atomic E-state index is 0.309. The van der Waals surface area contributed by atoms with Gasteiger partial charge >= 0.3 is 5.95 Å². The normalized spacial score (nSPS) is 16.6. The van der Waals surface area contributed by atoms with E-state index in [1.54, 1.807) is 0 Å². The van der Waals surface area contributed by atoms with Gasteiger partial charge in [0.25, 0.3) is 0 Å². The molecule has 0 bridgehead atoms. The molecule has 162 valence electrons. The molecule has 3 heterocycles. The fourth-order valence-corrected chi connectivity index (χ4v) is 5.63. The van der Waals surface area contributed by atoms with Gasteiger partial charge in [0.1, 0.15) is 17.1 Å². The zero-order valence-corrected chi connectivity index (χ0v) is 19.8. The van der Waals surface area contributed by atoms with Crippen LogP contribution in [-0.4, -0.2) is 0 Å². The fourth-order valence-electron chi connectivity index (χ4n) is 5.63. The second-order valence-electron chi connectivity index (χ2n) is 8.96. The van der Waals surface area contributed by atoms with E-state index in [4.69, 9.17) is 9.47 Å². The number of pyridine rings is 1. The molecule has 0 radical (unpaired) electrons. The maximum Gasteiger partial charge on any atom is 0.302 e. The van der Waals surface area contributed by atoms with E-state index >= 15 is 0 Å². The molecule has 2 aliphatic heterocycles. The molecule has 0 unspecified atom stereocenters. The highest BCUT2D eigenvalue weighted by molar-refractivity contribution is 5.89. The monoisotopic (exact) mass is 424 g/mol. The lowest BCUT2D eigenvalue weighted by molar-refractivity contribution is -0.718. The molecule has 0 spiro atoms. The third-order valence-corrected chi connectivity index (χ3v) is 6.96. The van der Waals surface area contributed by atoms with Crippen LogP contribution in [0, 0.1) is 13.8 Å². The Labute approximate surface area is 190 Å². The van der Waals surface area contributed by atoms with Crippen LogP contribution in [0.1, 0.15) is 57.2 Å². The third kappa shape index (κ3) is 2.85. The van der Waals surface area contributed by atoms with E-state index in [-0.39, 0.29) is 5.54 Å². The average Bonchev–Trinajstić information content (AvgIpc) is 2.77. The van der Waals surface area contributed by atoms with E-state index < -0.39 is 0 Å². The zero-order chi connectivity index (χ0) is 22.6. The molecule has 32 heavy (non-hydrogen) atoms. The first kappa shape index (κ1) is 20.6. The summed E-state index contributed by atoms with van der Waals surface area (Å²) < 4.78 is 15.0. The van der Waals surface area contributed by atoms with E-state index in [2.05, 4.69) is 86.5 Å². The van der Waals surface area contributed by atoms with Gasteiger partial charge in [-0.25, -0.2) is 0 Å². The molecule has 0 atom stereocenters. The lowest BCUT2D eigenvalue weighted by atomic mass is 9.73. The van der Waals surface area contributed by atoms with E-state index in [0.717, 1.165) is 29.9 Å². The predicted octanol–water partition coefficient (Wildman–Crippen LogP) is 7.06. The zero-order valence-electron chi connectivity index (χ0n) is 19.8. The summed E-state index contributed by atoms with van der Waals surface area (Å²) in [5.41, 5.74) is 11.4. The molecule has 2 aromatic carbocycles. The van der Waals surface area contributed by atoms with Crippen molar-refractivity contribution in [1.29, 1.82) is 0 Å². The third-order valence-electron chi connectivity index (χ3n) is 6.96. The van der Waals surface area contributed by atoms with Gasteiger partial charge in [-0.1, -0.05) is 32.0 Å². The molecule has 3 nitrogen and oxygen atoms in total. The van der Waals surface area contributed by atoms with Crippen LogP contribution in [0.5, 0.6) is 0 Å². The summed E-state index contributed by atoms with van der Waals surface area (Å²) in [6.45, 7) is 12.8. The topological polar surface area (TPSA) is 22.3 Å². The Balaban J connectivity index is 2.00. The van der Waals surface area contributed by atoms with Gasteiger partial charge < -0.3 is 9.47 Å². The number of allylic oxidation sites excluding steroid dienone is 2. The van der Waals surface area contributed by atoms with Gasteiger partial charge in [0.05, 0.1) is 5.56 Å². The van der Waals surface area contributed by atoms with Crippen LogP contribution in [0.3, 0.4) is 0 Å². The maximum atomic E-state index is 6.25. The minimum Gasteiger partial charge on any atom is -0.422 e. The Hall–Kier alpha value is -3.29. The van der Waals surface area contributed by atoms with Crippen LogP contribution < -0.4 is 4.57 Å². The minimum atomic E-state index is -0.309. The van der Waals surface area contributed by atoms with Gasteiger partial charge in [-0.15, -0.1) is 0 Å². The highest BCUT2D eigenvalue weighted by atomic mass is 16.7. The van der Waals surface area contributed by atoms with Crippen LogP contribution in [-0.2, 0) is 15.0 Å². The van der Waals surface area contributed by atoms with Gasteiger partial charge in [-0.2, -0.15) is 4.57 Å². The molecule has 3 heteroatoms. The Morgan fingerprint density at radius 2 is 1.56 bits per heavy atom. The summed E-state index contributed by atoms with van der Waals surface area (Å²) in [6.07, 6.45) is 1.83. The molecule has 0 N–H and O–H groups in total. The molecule has 0 saturated heterocycles. The van der Waals surface area contributed by atoms with Crippen molar-refractivity contribution >= 4 is 16.5 Å². The van der Waals surface area contributed by atoms with Crippen molar-refractivity contribution in [2.75, 3.05) is 0 Å². The van der Waals surface area contributed by atoms with Crippen molar-refractivity contribution in [1.82, 2.24) is 0 Å². The molecular formula is C29H30NO2+. The van der Waals surface area contributed by atoms with E-state index in [1.165, 1.54) is 38.9 Å². The number of rotatable bonds is 2. The van der Waals surface area contributed by atoms with Crippen LogP contribution in [0.25, 0.3) is 27.7 Å². The quantitative estimate of drug-likeness (QED) is 0.324. The SMILES string of the molecule is CCC1(CC)C(=C2OC(C)=C=C(C)O2)c2c(C)cc(C)cc2-c2ccc3ccccc3[n+]21. The molecule has 0 fully saturated rings. The van der Waals surface area contributed by atoms with Crippen LogP contribution in [0.4, 0.5) is 0 Å². The van der Waals surface area contributed by atoms with Crippen molar-refractivity contribution in [2.24, 2.45) is 0 Å². The van der Waals surface area contributed by atoms with Crippen molar-refractivity contribution < 1.29 is 14.0 Å². The smallest absolute Gasteiger partial charge is 0.302 e. The van der Waals surface area contributed by atoms with E-state index in [9.17, 15) is 0 Å². The Morgan fingerprint density at radius 3 is 2.25 bits per heavy atom. The van der Waals surface area contributed by atoms with Crippen LogP contribution in [0.2, 0.25) is 0 Å². The predicted molar refractivity (Wildman–Crippen MR) is 129 cm³/mol. The first-order valence-electron chi connectivity index (χ1n) is 11.5. The first-order chi connectivity index (χ1) is 15.4. The van der Waals surface area contributed by atoms with Crippen LogP contribution in [0.15, 0.2) is 71.7 Å². The molecule has 1 aromatic heterocycles. The highest BCUT2D eigenvalue weighted by Crippen LogP contribution is 2.49.